The lowest BCUT2D eigenvalue weighted by Gasteiger charge is -2.22. The quantitative estimate of drug-likeness (QED) is 0.617. The van der Waals surface area contributed by atoms with Gasteiger partial charge in [0.25, 0.3) is 0 Å². The normalized spacial score (nSPS) is 26.1. The van der Waals surface area contributed by atoms with Gasteiger partial charge in [0.15, 0.2) is 5.60 Å². The van der Waals surface area contributed by atoms with Crippen LogP contribution in [0.15, 0.2) is 24.3 Å². The Morgan fingerprint density at radius 1 is 1.32 bits per heavy atom. The van der Waals surface area contributed by atoms with Crippen LogP contribution in [0, 0.1) is 6.92 Å². The fourth-order valence-corrected chi connectivity index (χ4v) is 2.19. The third-order valence-electron chi connectivity index (χ3n) is 3.34. The van der Waals surface area contributed by atoms with E-state index in [4.69, 9.17) is 9.47 Å². The summed E-state index contributed by atoms with van der Waals surface area (Å²) in [4.78, 5) is 12.3. The summed E-state index contributed by atoms with van der Waals surface area (Å²) >= 11 is 0. The number of ether oxygens (including phenoxy) is 2. The second-order valence-corrected chi connectivity index (χ2v) is 6.15. The van der Waals surface area contributed by atoms with E-state index in [-0.39, 0.29) is 12.1 Å². The maximum Gasteiger partial charge on any atom is 0.342 e. The van der Waals surface area contributed by atoms with E-state index < -0.39 is 11.2 Å². The van der Waals surface area contributed by atoms with Crippen LogP contribution < -0.4 is 0 Å². The Morgan fingerprint density at radius 2 is 1.89 bits per heavy atom. The summed E-state index contributed by atoms with van der Waals surface area (Å²) in [6.45, 7) is 9.61. The van der Waals surface area contributed by atoms with E-state index in [1.54, 1.807) is 0 Å². The molecule has 1 aromatic rings. The van der Waals surface area contributed by atoms with Gasteiger partial charge in [-0.15, -0.1) is 0 Å². The molecule has 0 bridgehead atoms. The number of carbonyl (C=O) groups excluding carboxylic acids is 1. The van der Waals surface area contributed by atoms with Crippen molar-refractivity contribution in [3.63, 3.8) is 0 Å². The van der Waals surface area contributed by atoms with E-state index in [9.17, 15) is 4.79 Å². The van der Waals surface area contributed by atoms with E-state index in [0.717, 1.165) is 5.56 Å². The van der Waals surface area contributed by atoms with E-state index in [0.29, 0.717) is 6.42 Å². The van der Waals surface area contributed by atoms with E-state index >= 15 is 0 Å². The smallest absolute Gasteiger partial charge is 0.342 e. The topological polar surface area (TPSA) is 38.8 Å². The van der Waals surface area contributed by atoms with Gasteiger partial charge in [0.05, 0.1) is 0 Å². The lowest BCUT2D eigenvalue weighted by Crippen LogP contribution is -2.34. The average Bonchev–Trinajstić information content (AvgIpc) is 3.04. The molecule has 1 saturated heterocycles. The molecule has 0 saturated carbocycles. The Labute approximate surface area is 114 Å². The molecule has 2 rings (SSSR count). The Balaban J connectivity index is 2.15. The highest BCUT2D eigenvalue weighted by molar-refractivity contribution is 5.84. The Hall–Kier alpha value is -1.35. The minimum absolute atomic E-state index is 0.173. The largest absolute Gasteiger partial charge is 0.458 e. The molecule has 0 N–H and O–H groups in total. The third kappa shape index (κ3) is 2.81. The first-order valence-corrected chi connectivity index (χ1v) is 6.76. The molecule has 2 unspecified atom stereocenters. The maximum absolute atomic E-state index is 12.3. The van der Waals surface area contributed by atoms with Crippen molar-refractivity contribution in [3.8, 4) is 0 Å². The first kappa shape index (κ1) is 14.1. The maximum atomic E-state index is 12.3. The van der Waals surface area contributed by atoms with Crippen molar-refractivity contribution < 1.29 is 14.3 Å². The highest BCUT2D eigenvalue weighted by Crippen LogP contribution is 2.53. The van der Waals surface area contributed by atoms with Gasteiger partial charge in [0.1, 0.15) is 11.7 Å². The molecule has 1 aliphatic rings. The first-order valence-electron chi connectivity index (χ1n) is 6.76. The van der Waals surface area contributed by atoms with Crippen molar-refractivity contribution in [1.29, 1.82) is 0 Å². The van der Waals surface area contributed by atoms with Gasteiger partial charge >= 0.3 is 5.97 Å². The van der Waals surface area contributed by atoms with Crippen LogP contribution in [-0.4, -0.2) is 17.2 Å². The van der Waals surface area contributed by atoms with Gasteiger partial charge < -0.3 is 9.47 Å². The van der Waals surface area contributed by atoms with E-state index in [1.165, 1.54) is 5.56 Å². The molecule has 0 amide bonds. The Kier molecular flexibility index (Phi) is 3.43. The Bertz CT molecular complexity index is 470. The first-order chi connectivity index (χ1) is 8.78. The number of epoxide rings is 1. The monoisotopic (exact) mass is 262 g/mol. The lowest BCUT2D eigenvalue weighted by atomic mass is 9.96. The van der Waals surface area contributed by atoms with Crippen LogP contribution in [-0.2, 0) is 14.3 Å². The lowest BCUT2D eigenvalue weighted by molar-refractivity contribution is -0.161. The summed E-state index contributed by atoms with van der Waals surface area (Å²) in [6.07, 6.45) is 0.452. The molecular formula is C16H22O3. The second-order valence-electron chi connectivity index (χ2n) is 6.15. The predicted octanol–water partition coefficient (Wildman–Crippen LogP) is 3.56. The van der Waals surface area contributed by atoms with E-state index in [2.05, 4.69) is 0 Å². The number of esters is 1. The molecule has 1 fully saturated rings. The molecular weight excluding hydrogens is 240 g/mol. The molecule has 0 radical (unpaired) electrons. The van der Waals surface area contributed by atoms with Crippen LogP contribution >= 0.6 is 0 Å². The van der Waals surface area contributed by atoms with Crippen molar-refractivity contribution in [2.24, 2.45) is 0 Å². The molecule has 0 aromatic heterocycles. The van der Waals surface area contributed by atoms with Gasteiger partial charge in [0, 0.05) is 0 Å². The van der Waals surface area contributed by atoms with Crippen LogP contribution in [0.25, 0.3) is 0 Å². The van der Waals surface area contributed by atoms with Gasteiger partial charge in [-0.25, -0.2) is 4.79 Å². The van der Waals surface area contributed by atoms with Gasteiger partial charge in [-0.3, -0.25) is 0 Å². The minimum Gasteiger partial charge on any atom is -0.458 e. The zero-order valence-corrected chi connectivity index (χ0v) is 12.3. The highest BCUT2D eigenvalue weighted by Gasteiger charge is 2.63. The number of hydrogen-bond donors (Lipinski definition) is 0. The number of aryl methyl sites for hydroxylation is 1. The summed E-state index contributed by atoms with van der Waals surface area (Å²) in [5.41, 5.74) is 0.966. The van der Waals surface area contributed by atoms with Crippen LogP contribution in [0.3, 0.4) is 0 Å². The second kappa shape index (κ2) is 4.64. The Morgan fingerprint density at radius 3 is 2.37 bits per heavy atom. The molecule has 3 heteroatoms. The number of carbonyl (C=O) groups is 1. The summed E-state index contributed by atoms with van der Waals surface area (Å²) < 4.78 is 11.2. The van der Waals surface area contributed by atoms with Gasteiger partial charge in [-0.1, -0.05) is 36.8 Å². The fourth-order valence-electron chi connectivity index (χ4n) is 2.19. The molecule has 104 valence electrons. The SMILES string of the molecule is CCC1(C(=O)OC(C)(C)C)OC1c1ccc(C)cc1. The summed E-state index contributed by atoms with van der Waals surface area (Å²) in [7, 11) is 0. The van der Waals surface area contributed by atoms with Crippen molar-refractivity contribution in [1.82, 2.24) is 0 Å². The number of hydrogen-bond acceptors (Lipinski definition) is 3. The summed E-state index contributed by atoms with van der Waals surface area (Å²) in [6, 6.07) is 8.10. The van der Waals surface area contributed by atoms with Crippen LogP contribution in [0.4, 0.5) is 0 Å². The van der Waals surface area contributed by atoms with Gasteiger partial charge in [-0.2, -0.15) is 0 Å². The molecule has 19 heavy (non-hydrogen) atoms. The zero-order valence-electron chi connectivity index (χ0n) is 12.3. The zero-order chi connectivity index (χ0) is 14.3. The van der Waals surface area contributed by atoms with E-state index in [1.807, 2.05) is 58.9 Å². The summed E-state index contributed by atoms with van der Waals surface area (Å²) in [5.74, 6) is -0.256. The molecule has 1 aromatic carbocycles. The standard InChI is InChI=1S/C16H22O3/c1-6-16(14(17)19-15(3,4)5)13(18-16)12-9-7-11(2)8-10-12/h7-10,13H,6H2,1-5H3. The molecule has 0 spiro atoms. The molecule has 1 aliphatic heterocycles. The molecule has 3 nitrogen and oxygen atoms in total. The summed E-state index contributed by atoms with van der Waals surface area (Å²) in [5, 5.41) is 0. The average molecular weight is 262 g/mol. The molecule has 2 atom stereocenters. The van der Waals surface area contributed by atoms with Crippen LogP contribution in [0.1, 0.15) is 51.3 Å². The van der Waals surface area contributed by atoms with Gasteiger partial charge in [0.2, 0.25) is 0 Å². The third-order valence-corrected chi connectivity index (χ3v) is 3.34. The van der Waals surface area contributed by atoms with Crippen LogP contribution in [0.2, 0.25) is 0 Å². The fraction of sp³-hybridized carbons (Fsp3) is 0.562. The van der Waals surface area contributed by atoms with Crippen molar-refractivity contribution in [2.75, 3.05) is 0 Å². The predicted molar refractivity (Wildman–Crippen MR) is 73.9 cm³/mol. The minimum atomic E-state index is -0.789. The molecule has 0 aliphatic carbocycles. The highest BCUT2D eigenvalue weighted by atomic mass is 16.7. The van der Waals surface area contributed by atoms with Gasteiger partial charge in [-0.05, 0) is 39.7 Å². The van der Waals surface area contributed by atoms with Crippen molar-refractivity contribution >= 4 is 5.97 Å². The van der Waals surface area contributed by atoms with Crippen molar-refractivity contribution in [3.05, 3.63) is 35.4 Å². The number of benzene rings is 1. The number of rotatable bonds is 3. The van der Waals surface area contributed by atoms with Crippen molar-refractivity contribution in [2.45, 2.75) is 58.3 Å². The molecule has 1 heterocycles. The van der Waals surface area contributed by atoms with Crippen LogP contribution in [0.5, 0.6) is 0 Å².